The van der Waals surface area contributed by atoms with Crippen LogP contribution in [-0.2, 0) is 0 Å². The van der Waals surface area contributed by atoms with Crippen molar-refractivity contribution >= 4 is 0 Å². The fourth-order valence-electron chi connectivity index (χ4n) is 2.78. The lowest BCUT2D eigenvalue weighted by atomic mass is 9.96. The predicted octanol–water partition coefficient (Wildman–Crippen LogP) is 2.89. The van der Waals surface area contributed by atoms with Crippen LogP contribution in [-0.4, -0.2) is 37.1 Å². The monoisotopic (exact) mass is 226 g/mol. The van der Waals surface area contributed by atoms with E-state index in [1.165, 1.54) is 58.3 Å². The largest absolute Gasteiger partial charge is 0.317 e. The molecule has 0 amide bonds. The Hall–Kier alpha value is -0.0800. The van der Waals surface area contributed by atoms with E-state index in [0.717, 1.165) is 12.0 Å². The van der Waals surface area contributed by atoms with Crippen LogP contribution in [0.4, 0.5) is 0 Å². The summed E-state index contributed by atoms with van der Waals surface area (Å²) in [6.07, 6.45) is 6.70. The van der Waals surface area contributed by atoms with Gasteiger partial charge in [0, 0.05) is 12.6 Å². The van der Waals surface area contributed by atoms with E-state index < -0.39 is 0 Å². The topological polar surface area (TPSA) is 15.3 Å². The van der Waals surface area contributed by atoms with E-state index in [9.17, 15) is 0 Å². The highest BCUT2D eigenvalue weighted by Crippen LogP contribution is 2.17. The van der Waals surface area contributed by atoms with Crippen LogP contribution in [0.5, 0.6) is 0 Å². The zero-order valence-corrected chi connectivity index (χ0v) is 11.5. The molecule has 0 saturated carbocycles. The third-order valence-electron chi connectivity index (χ3n) is 3.79. The summed E-state index contributed by atoms with van der Waals surface area (Å²) >= 11 is 0. The first-order valence-electron chi connectivity index (χ1n) is 7.22. The van der Waals surface area contributed by atoms with Crippen LogP contribution >= 0.6 is 0 Å². The van der Waals surface area contributed by atoms with E-state index in [4.69, 9.17) is 0 Å². The van der Waals surface area contributed by atoms with Gasteiger partial charge in [-0.2, -0.15) is 0 Å². The van der Waals surface area contributed by atoms with Gasteiger partial charge in [0.05, 0.1) is 0 Å². The lowest BCUT2D eigenvalue weighted by molar-refractivity contribution is 0.153. The summed E-state index contributed by atoms with van der Waals surface area (Å²) < 4.78 is 0. The van der Waals surface area contributed by atoms with Gasteiger partial charge in [0.1, 0.15) is 0 Å². The van der Waals surface area contributed by atoms with E-state index in [0.29, 0.717) is 0 Å². The standard InChI is InChI=1S/C14H30N2/c1-4-6-13(3)16(11-5-2)12-14-7-9-15-10-8-14/h13-15H,4-12H2,1-3H3. The SMILES string of the molecule is CCCC(C)N(CCC)CC1CCNCC1. The molecule has 2 nitrogen and oxygen atoms in total. The lowest BCUT2D eigenvalue weighted by Crippen LogP contribution is -2.40. The lowest BCUT2D eigenvalue weighted by Gasteiger charge is -2.34. The molecule has 96 valence electrons. The van der Waals surface area contributed by atoms with Crippen molar-refractivity contribution < 1.29 is 0 Å². The molecule has 1 unspecified atom stereocenters. The second kappa shape index (κ2) is 8.08. The zero-order valence-electron chi connectivity index (χ0n) is 11.5. The van der Waals surface area contributed by atoms with Crippen LogP contribution in [0.25, 0.3) is 0 Å². The normalized spacial score (nSPS) is 20.2. The fraction of sp³-hybridized carbons (Fsp3) is 1.00. The molecular formula is C14H30N2. The Bertz CT molecular complexity index is 164. The Labute approximate surface area is 102 Å². The van der Waals surface area contributed by atoms with E-state index in [2.05, 4.69) is 31.0 Å². The third kappa shape index (κ3) is 4.84. The summed E-state index contributed by atoms with van der Waals surface area (Å²) in [6.45, 7) is 12.1. The van der Waals surface area contributed by atoms with Gasteiger partial charge in [-0.05, 0) is 58.2 Å². The fourth-order valence-corrected chi connectivity index (χ4v) is 2.78. The molecule has 16 heavy (non-hydrogen) atoms. The van der Waals surface area contributed by atoms with Gasteiger partial charge in [-0.25, -0.2) is 0 Å². The molecule has 2 heteroatoms. The predicted molar refractivity (Wildman–Crippen MR) is 71.8 cm³/mol. The summed E-state index contributed by atoms with van der Waals surface area (Å²) in [5, 5.41) is 3.46. The van der Waals surface area contributed by atoms with E-state index in [1.54, 1.807) is 0 Å². The Kier molecular flexibility index (Phi) is 7.06. The third-order valence-corrected chi connectivity index (χ3v) is 3.79. The van der Waals surface area contributed by atoms with Crippen molar-refractivity contribution in [2.24, 2.45) is 5.92 Å². The maximum absolute atomic E-state index is 3.46. The minimum absolute atomic E-state index is 0.778. The summed E-state index contributed by atoms with van der Waals surface area (Å²) in [5.41, 5.74) is 0. The summed E-state index contributed by atoms with van der Waals surface area (Å²) in [4.78, 5) is 2.72. The molecule has 1 heterocycles. The van der Waals surface area contributed by atoms with Gasteiger partial charge < -0.3 is 10.2 Å². The van der Waals surface area contributed by atoms with Crippen LogP contribution in [0.3, 0.4) is 0 Å². The molecule has 0 radical (unpaired) electrons. The molecule has 0 bridgehead atoms. The summed E-state index contributed by atoms with van der Waals surface area (Å²) in [5.74, 6) is 0.937. The van der Waals surface area contributed by atoms with Crippen molar-refractivity contribution in [1.29, 1.82) is 0 Å². The maximum atomic E-state index is 3.46. The molecule has 1 rings (SSSR count). The van der Waals surface area contributed by atoms with E-state index >= 15 is 0 Å². The second-order valence-electron chi connectivity index (χ2n) is 5.33. The molecule has 0 spiro atoms. The van der Waals surface area contributed by atoms with Gasteiger partial charge in [-0.1, -0.05) is 20.3 Å². The van der Waals surface area contributed by atoms with Crippen molar-refractivity contribution in [2.75, 3.05) is 26.2 Å². The highest BCUT2D eigenvalue weighted by Gasteiger charge is 2.19. The Morgan fingerprint density at radius 1 is 1.19 bits per heavy atom. The molecule has 1 aliphatic rings. The number of nitrogens with zero attached hydrogens (tertiary/aromatic N) is 1. The average Bonchev–Trinajstić information content (AvgIpc) is 2.30. The molecule has 1 aliphatic heterocycles. The molecule has 1 atom stereocenters. The van der Waals surface area contributed by atoms with Gasteiger partial charge in [0.25, 0.3) is 0 Å². The number of piperidine rings is 1. The highest BCUT2D eigenvalue weighted by molar-refractivity contribution is 4.75. The summed E-state index contributed by atoms with van der Waals surface area (Å²) in [6, 6.07) is 0.778. The van der Waals surface area contributed by atoms with Gasteiger partial charge in [0.15, 0.2) is 0 Å². The number of nitrogens with one attached hydrogen (secondary N) is 1. The first kappa shape index (κ1) is 14.0. The van der Waals surface area contributed by atoms with Crippen molar-refractivity contribution in [3.05, 3.63) is 0 Å². The van der Waals surface area contributed by atoms with E-state index in [1.807, 2.05) is 0 Å². The minimum atomic E-state index is 0.778. The molecule has 1 saturated heterocycles. The number of hydrogen-bond donors (Lipinski definition) is 1. The van der Waals surface area contributed by atoms with Crippen molar-refractivity contribution in [1.82, 2.24) is 10.2 Å². The van der Waals surface area contributed by atoms with E-state index in [-0.39, 0.29) is 0 Å². The quantitative estimate of drug-likeness (QED) is 0.718. The first-order valence-corrected chi connectivity index (χ1v) is 7.22. The average molecular weight is 226 g/mol. The Balaban J connectivity index is 2.35. The van der Waals surface area contributed by atoms with Crippen LogP contribution < -0.4 is 5.32 Å². The molecule has 0 aromatic heterocycles. The van der Waals surface area contributed by atoms with Crippen molar-refractivity contribution in [3.63, 3.8) is 0 Å². The van der Waals surface area contributed by atoms with Gasteiger partial charge in [-0.3, -0.25) is 0 Å². The molecule has 1 fully saturated rings. The highest BCUT2D eigenvalue weighted by atomic mass is 15.1. The first-order chi connectivity index (χ1) is 7.77. The Morgan fingerprint density at radius 3 is 2.44 bits per heavy atom. The number of hydrogen-bond acceptors (Lipinski definition) is 2. The smallest absolute Gasteiger partial charge is 0.00669 e. The van der Waals surface area contributed by atoms with Crippen LogP contribution in [0, 0.1) is 5.92 Å². The Morgan fingerprint density at radius 2 is 1.88 bits per heavy atom. The molecule has 0 aliphatic carbocycles. The van der Waals surface area contributed by atoms with Crippen LogP contribution in [0.2, 0.25) is 0 Å². The molecule has 0 aromatic carbocycles. The maximum Gasteiger partial charge on any atom is 0.00669 e. The van der Waals surface area contributed by atoms with Crippen molar-refractivity contribution in [2.45, 2.75) is 58.9 Å². The van der Waals surface area contributed by atoms with Gasteiger partial charge >= 0.3 is 0 Å². The number of rotatable bonds is 7. The minimum Gasteiger partial charge on any atom is -0.317 e. The zero-order chi connectivity index (χ0) is 11.8. The van der Waals surface area contributed by atoms with Crippen LogP contribution in [0.15, 0.2) is 0 Å². The molecule has 1 N–H and O–H groups in total. The summed E-state index contributed by atoms with van der Waals surface area (Å²) in [7, 11) is 0. The molecule has 0 aromatic rings. The van der Waals surface area contributed by atoms with Crippen molar-refractivity contribution in [3.8, 4) is 0 Å². The van der Waals surface area contributed by atoms with Crippen LogP contribution in [0.1, 0.15) is 52.9 Å². The second-order valence-corrected chi connectivity index (χ2v) is 5.33. The van der Waals surface area contributed by atoms with Gasteiger partial charge in [-0.15, -0.1) is 0 Å². The van der Waals surface area contributed by atoms with Gasteiger partial charge in [0.2, 0.25) is 0 Å². The molecular weight excluding hydrogens is 196 g/mol.